The summed E-state index contributed by atoms with van der Waals surface area (Å²) in [7, 11) is 0. The highest BCUT2D eigenvalue weighted by atomic mass is 32.1. The molecule has 0 radical (unpaired) electrons. The smallest absolute Gasteiger partial charge is 0.332 e. The number of anilines is 2. The Morgan fingerprint density at radius 1 is 0.897 bits per heavy atom. The van der Waals surface area contributed by atoms with E-state index in [0.717, 1.165) is 12.1 Å². The van der Waals surface area contributed by atoms with Crippen molar-refractivity contribution in [2.24, 2.45) is 5.41 Å². The van der Waals surface area contributed by atoms with E-state index in [-0.39, 0.29) is 22.3 Å². The number of alkyl halides is 3. The minimum absolute atomic E-state index is 0.0242. The molecule has 0 aliphatic heterocycles. The number of carbonyl (C=O) groups excluding carboxylic acids is 2. The average molecular weight is 423 g/mol. The van der Waals surface area contributed by atoms with E-state index in [4.69, 9.17) is 12.2 Å². The Bertz CT molecular complexity index is 937. The molecular weight excluding hydrogens is 403 g/mol. The van der Waals surface area contributed by atoms with Gasteiger partial charge in [-0.3, -0.25) is 9.59 Å². The number of amides is 2. The molecule has 9 heteroatoms. The first-order chi connectivity index (χ1) is 13.4. The van der Waals surface area contributed by atoms with Crippen molar-refractivity contribution in [3.05, 3.63) is 59.7 Å². The molecule has 0 saturated carbocycles. The number of hydrogen-bond acceptors (Lipinski definition) is 3. The van der Waals surface area contributed by atoms with Crippen LogP contribution in [0.1, 0.15) is 36.7 Å². The number of benzene rings is 2. The Kier molecular flexibility index (Phi) is 6.63. The molecule has 2 rings (SSSR count). The minimum atomic E-state index is -4.50. The van der Waals surface area contributed by atoms with Crippen LogP contribution in [0.4, 0.5) is 24.5 Å². The largest absolute Gasteiger partial charge is 0.416 e. The molecule has 0 aliphatic carbocycles. The van der Waals surface area contributed by atoms with Crippen LogP contribution in [0.15, 0.2) is 48.5 Å². The van der Waals surface area contributed by atoms with Crippen molar-refractivity contribution in [1.82, 2.24) is 5.32 Å². The number of rotatable bonds is 3. The maximum Gasteiger partial charge on any atom is 0.416 e. The molecule has 0 bridgehead atoms. The SMILES string of the molecule is CC(C)(C)C(=O)NC(=S)Nc1cccc(C(=O)Nc2cccc(C(F)(F)F)c2)c1. The lowest BCUT2D eigenvalue weighted by molar-refractivity contribution is -0.137. The highest BCUT2D eigenvalue weighted by molar-refractivity contribution is 7.80. The summed E-state index contributed by atoms with van der Waals surface area (Å²) in [5, 5.41) is 7.86. The molecule has 0 fully saturated rings. The molecule has 0 unspecified atom stereocenters. The lowest BCUT2D eigenvalue weighted by atomic mass is 9.96. The molecule has 0 aliphatic rings. The van der Waals surface area contributed by atoms with Gasteiger partial charge in [-0.1, -0.05) is 32.9 Å². The summed E-state index contributed by atoms with van der Waals surface area (Å²) in [5.74, 6) is -0.855. The summed E-state index contributed by atoms with van der Waals surface area (Å²) in [6.45, 7) is 5.22. The van der Waals surface area contributed by atoms with Gasteiger partial charge >= 0.3 is 6.18 Å². The van der Waals surface area contributed by atoms with Gasteiger partial charge in [-0.15, -0.1) is 0 Å². The second-order valence-corrected chi connectivity index (χ2v) is 7.68. The van der Waals surface area contributed by atoms with Gasteiger partial charge in [-0.05, 0) is 48.6 Å². The molecule has 0 spiro atoms. The van der Waals surface area contributed by atoms with Gasteiger partial charge in [0, 0.05) is 22.4 Å². The Labute approximate surface area is 171 Å². The maximum absolute atomic E-state index is 12.8. The summed E-state index contributed by atoms with van der Waals surface area (Å²) in [6, 6.07) is 10.6. The molecule has 29 heavy (non-hydrogen) atoms. The van der Waals surface area contributed by atoms with Crippen LogP contribution in [0.2, 0.25) is 0 Å². The third kappa shape index (κ3) is 6.56. The van der Waals surface area contributed by atoms with E-state index < -0.39 is 23.1 Å². The van der Waals surface area contributed by atoms with E-state index >= 15 is 0 Å². The Morgan fingerprint density at radius 3 is 2.07 bits per heavy atom. The molecule has 5 nitrogen and oxygen atoms in total. The van der Waals surface area contributed by atoms with E-state index in [2.05, 4.69) is 16.0 Å². The van der Waals surface area contributed by atoms with Gasteiger partial charge in [0.25, 0.3) is 5.91 Å². The fraction of sp³-hybridized carbons (Fsp3) is 0.250. The number of halogens is 3. The fourth-order valence-electron chi connectivity index (χ4n) is 2.17. The van der Waals surface area contributed by atoms with Crippen LogP contribution >= 0.6 is 12.2 Å². The first-order valence-electron chi connectivity index (χ1n) is 8.57. The van der Waals surface area contributed by atoms with Crippen LogP contribution in [0.5, 0.6) is 0 Å². The van der Waals surface area contributed by atoms with Crippen LogP contribution in [-0.4, -0.2) is 16.9 Å². The van der Waals surface area contributed by atoms with Gasteiger partial charge in [0.1, 0.15) is 0 Å². The van der Waals surface area contributed by atoms with Crippen molar-refractivity contribution >= 4 is 40.5 Å². The molecule has 2 amide bonds. The lowest BCUT2D eigenvalue weighted by Crippen LogP contribution is -2.41. The number of thiocarbonyl (C=S) groups is 1. The molecule has 0 saturated heterocycles. The third-order valence-electron chi connectivity index (χ3n) is 3.74. The number of hydrogen-bond donors (Lipinski definition) is 3. The van der Waals surface area contributed by atoms with Crippen molar-refractivity contribution in [2.45, 2.75) is 26.9 Å². The van der Waals surface area contributed by atoms with E-state index in [1.54, 1.807) is 32.9 Å². The summed E-state index contributed by atoms with van der Waals surface area (Å²) >= 11 is 5.09. The van der Waals surface area contributed by atoms with Gasteiger partial charge in [0.05, 0.1) is 5.56 Å². The summed E-state index contributed by atoms with van der Waals surface area (Å²) in [5.41, 5.74) is -0.807. The highest BCUT2D eigenvalue weighted by Gasteiger charge is 2.30. The zero-order valence-corrected chi connectivity index (χ0v) is 16.8. The quantitative estimate of drug-likeness (QED) is 0.620. The van der Waals surface area contributed by atoms with Crippen molar-refractivity contribution < 1.29 is 22.8 Å². The van der Waals surface area contributed by atoms with Crippen molar-refractivity contribution in [2.75, 3.05) is 10.6 Å². The molecule has 154 valence electrons. The first kappa shape index (κ1) is 22.4. The fourth-order valence-corrected chi connectivity index (χ4v) is 2.38. The lowest BCUT2D eigenvalue weighted by Gasteiger charge is -2.18. The monoisotopic (exact) mass is 423 g/mol. The topological polar surface area (TPSA) is 70.2 Å². The van der Waals surface area contributed by atoms with Gasteiger partial charge < -0.3 is 16.0 Å². The Hall–Kier alpha value is -2.94. The van der Waals surface area contributed by atoms with E-state index in [1.807, 2.05) is 0 Å². The Balaban J connectivity index is 2.08. The highest BCUT2D eigenvalue weighted by Crippen LogP contribution is 2.30. The van der Waals surface area contributed by atoms with Gasteiger partial charge in [-0.25, -0.2) is 0 Å². The van der Waals surface area contributed by atoms with Crippen LogP contribution in [0, 0.1) is 5.41 Å². The predicted molar refractivity (Wildman–Crippen MR) is 110 cm³/mol. The van der Waals surface area contributed by atoms with Crippen LogP contribution < -0.4 is 16.0 Å². The standard InChI is InChI=1S/C20H20F3N3O2S/c1-19(2,3)17(28)26-18(29)25-14-8-4-6-12(10-14)16(27)24-15-9-5-7-13(11-15)20(21,22)23/h4-11H,1-3H3,(H,24,27)(H2,25,26,28,29). The summed E-state index contributed by atoms with van der Waals surface area (Å²) in [6.07, 6.45) is -4.50. The van der Waals surface area contributed by atoms with Crippen LogP contribution in [0.3, 0.4) is 0 Å². The molecule has 3 N–H and O–H groups in total. The van der Waals surface area contributed by atoms with Crippen molar-refractivity contribution in [3.63, 3.8) is 0 Å². The second kappa shape index (κ2) is 8.60. The molecule has 2 aromatic rings. The summed E-state index contributed by atoms with van der Waals surface area (Å²) in [4.78, 5) is 24.4. The van der Waals surface area contributed by atoms with Gasteiger partial charge in [-0.2, -0.15) is 13.2 Å². The van der Waals surface area contributed by atoms with Gasteiger partial charge in [0.15, 0.2) is 5.11 Å². The molecule has 2 aromatic carbocycles. The van der Waals surface area contributed by atoms with E-state index in [1.165, 1.54) is 24.3 Å². The van der Waals surface area contributed by atoms with E-state index in [9.17, 15) is 22.8 Å². The molecular formula is C20H20F3N3O2S. The maximum atomic E-state index is 12.8. The van der Waals surface area contributed by atoms with Crippen molar-refractivity contribution in [3.8, 4) is 0 Å². The summed E-state index contributed by atoms with van der Waals surface area (Å²) < 4.78 is 38.4. The normalized spacial score (nSPS) is 11.5. The van der Waals surface area contributed by atoms with Crippen molar-refractivity contribution in [1.29, 1.82) is 0 Å². The van der Waals surface area contributed by atoms with Gasteiger partial charge in [0.2, 0.25) is 5.91 Å². The minimum Gasteiger partial charge on any atom is -0.332 e. The zero-order valence-electron chi connectivity index (χ0n) is 16.0. The predicted octanol–water partition coefficient (Wildman–Crippen LogP) is 4.82. The zero-order chi connectivity index (χ0) is 21.8. The molecule has 0 heterocycles. The van der Waals surface area contributed by atoms with Crippen LogP contribution in [0.25, 0.3) is 0 Å². The van der Waals surface area contributed by atoms with Crippen LogP contribution in [-0.2, 0) is 11.0 Å². The van der Waals surface area contributed by atoms with E-state index in [0.29, 0.717) is 5.69 Å². The number of carbonyl (C=O) groups is 2. The second-order valence-electron chi connectivity index (χ2n) is 7.27. The molecule has 0 atom stereocenters. The number of nitrogens with one attached hydrogen (secondary N) is 3. The molecule has 0 aromatic heterocycles. The first-order valence-corrected chi connectivity index (χ1v) is 8.98. The third-order valence-corrected chi connectivity index (χ3v) is 3.94. The average Bonchev–Trinajstić information content (AvgIpc) is 2.60. The Morgan fingerprint density at radius 2 is 1.48 bits per heavy atom.